The van der Waals surface area contributed by atoms with Gasteiger partial charge in [0.1, 0.15) is 5.82 Å². The molecule has 0 aliphatic carbocycles. The number of fused-ring (bicyclic) bond motifs is 1. The lowest BCUT2D eigenvalue weighted by atomic mass is 10.2. The van der Waals surface area contributed by atoms with Gasteiger partial charge in [-0.3, -0.25) is 4.57 Å². The fourth-order valence-corrected chi connectivity index (χ4v) is 1.76. The summed E-state index contributed by atoms with van der Waals surface area (Å²) in [5, 5.41) is 4.26. The van der Waals surface area contributed by atoms with E-state index < -0.39 is 0 Å². The summed E-state index contributed by atoms with van der Waals surface area (Å²) in [6, 6.07) is 0. The molecule has 4 nitrogen and oxygen atoms in total. The number of rotatable bonds is 2. The molecule has 0 atom stereocenters. The lowest BCUT2D eigenvalue weighted by molar-refractivity contribution is 0.511. The van der Waals surface area contributed by atoms with Gasteiger partial charge in [0, 0.05) is 19.4 Å². The molecule has 14 heavy (non-hydrogen) atoms. The second-order valence-electron chi connectivity index (χ2n) is 3.48. The molecule has 0 radical (unpaired) electrons. The van der Waals surface area contributed by atoms with E-state index in [-0.39, 0.29) is 5.69 Å². The number of terminal acetylenes is 1. The predicted octanol–water partition coefficient (Wildman–Crippen LogP) is 0.404. The number of aryl methyl sites for hydroxylation is 2. The summed E-state index contributed by atoms with van der Waals surface area (Å²) >= 11 is 0. The Balaban J connectivity index is 2.30. The molecule has 0 N–H and O–H groups in total. The van der Waals surface area contributed by atoms with Gasteiger partial charge in [-0.1, -0.05) is 0 Å². The summed E-state index contributed by atoms with van der Waals surface area (Å²) in [4.78, 5) is 11.7. The molecule has 1 aliphatic heterocycles. The van der Waals surface area contributed by atoms with E-state index in [4.69, 9.17) is 6.42 Å². The van der Waals surface area contributed by atoms with Crippen LogP contribution in [0.15, 0.2) is 4.79 Å². The highest BCUT2D eigenvalue weighted by Crippen LogP contribution is 2.09. The van der Waals surface area contributed by atoms with E-state index in [1.165, 1.54) is 4.68 Å². The molecule has 1 aromatic rings. The lowest BCUT2D eigenvalue weighted by Gasteiger charge is -2.09. The third kappa shape index (κ3) is 1.46. The van der Waals surface area contributed by atoms with Gasteiger partial charge in [-0.25, -0.2) is 9.48 Å². The van der Waals surface area contributed by atoms with Crippen molar-refractivity contribution in [1.82, 2.24) is 14.3 Å². The van der Waals surface area contributed by atoms with E-state index in [0.717, 1.165) is 31.6 Å². The second-order valence-corrected chi connectivity index (χ2v) is 3.48. The Morgan fingerprint density at radius 1 is 1.50 bits per heavy atom. The molecule has 0 unspecified atom stereocenters. The van der Waals surface area contributed by atoms with Crippen LogP contribution in [-0.4, -0.2) is 14.3 Å². The molecular formula is C10H13N3O. The molecule has 74 valence electrons. The average Bonchev–Trinajstić information content (AvgIpc) is 2.54. The molecule has 0 aromatic carbocycles. The molecule has 0 amide bonds. The SMILES string of the molecule is C#CCCn1nc2n(c1=O)CCCC2. The summed E-state index contributed by atoms with van der Waals surface area (Å²) in [7, 11) is 0. The minimum absolute atomic E-state index is 0.00468. The van der Waals surface area contributed by atoms with Gasteiger partial charge < -0.3 is 0 Å². The number of nitrogens with zero attached hydrogens (tertiary/aromatic N) is 3. The molecule has 0 saturated heterocycles. The van der Waals surface area contributed by atoms with Crippen molar-refractivity contribution in [1.29, 1.82) is 0 Å². The van der Waals surface area contributed by atoms with E-state index in [9.17, 15) is 4.79 Å². The summed E-state index contributed by atoms with van der Waals surface area (Å²) in [5.41, 5.74) is -0.00468. The number of aromatic nitrogens is 3. The minimum atomic E-state index is -0.00468. The van der Waals surface area contributed by atoms with Gasteiger partial charge in [0.05, 0.1) is 6.54 Å². The van der Waals surface area contributed by atoms with Crippen molar-refractivity contribution in [2.45, 2.75) is 38.8 Å². The molecule has 1 aromatic heterocycles. The van der Waals surface area contributed by atoms with Crippen molar-refractivity contribution in [2.24, 2.45) is 0 Å². The van der Waals surface area contributed by atoms with E-state index in [1.54, 1.807) is 4.57 Å². The second kappa shape index (κ2) is 3.70. The smallest absolute Gasteiger partial charge is 0.279 e. The van der Waals surface area contributed by atoms with Crippen LogP contribution in [0.1, 0.15) is 25.1 Å². The summed E-state index contributed by atoms with van der Waals surface area (Å²) in [6.07, 6.45) is 8.84. The molecule has 0 fully saturated rings. The third-order valence-electron chi connectivity index (χ3n) is 2.50. The molecule has 0 bridgehead atoms. The Morgan fingerprint density at radius 2 is 2.36 bits per heavy atom. The van der Waals surface area contributed by atoms with Gasteiger partial charge in [-0.15, -0.1) is 12.3 Å². The summed E-state index contributed by atoms with van der Waals surface area (Å²) in [6.45, 7) is 1.35. The first-order chi connectivity index (χ1) is 6.83. The van der Waals surface area contributed by atoms with Gasteiger partial charge in [-0.2, -0.15) is 5.10 Å². The van der Waals surface area contributed by atoms with E-state index in [1.807, 2.05) is 0 Å². The maximum Gasteiger partial charge on any atom is 0.345 e. The van der Waals surface area contributed by atoms with Gasteiger partial charge in [0.2, 0.25) is 0 Å². The average molecular weight is 191 g/mol. The monoisotopic (exact) mass is 191 g/mol. The van der Waals surface area contributed by atoms with E-state index in [0.29, 0.717) is 13.0 Å². The normalized spacial score (nSPS) is 14.8. The van der Waals surface area contributed by atoms with Crippen LogP contribution in [0.3, 0.4) is 0 Å². The van der Waals surface area contributed by atoms with Crippen molar-refractivity contribution >= 4 is 0 Å². The van der Waals surface area contributed by atoms with Crippen molar-refractivity contribution in [3.8, 4) is 12.3 Å². The van der Waals surface area contributed by atoms with Crippen LogP contribution in [0.25, 0.3) is 0 Å². The molecule has 1 aliphatic rings. The van der Waals surface area contributed by atoms with Crippen LogP contribution in [-0.2, 0) is 19.5 Å². The summed E-state index contributed by atoms with van der Waals surface area (Å²) < 4.78 is 3.25. The highest BCUT2D eigenvalue weighted by atomic mass is 16.2. The molecular weight excluding hydrogens is 178 g/mol. The summed E-state index contributed by atoms with van der Waals surface area (Å²) in [5.74, 6) is 3.43. The molecule has 0 spiro atoms. The van der Waals surface area contributed by atoms with Gasteiger partial charge in [-0.05, 0) is 12.8 Å². The topological polar surface area (TPSA) is 39.8 Å². The van der Waals surface area contributed by atoms with Gasteiger partial charge >= 0.3 is 5.69 Å². The molecule has 0 saturated carbocycles. The zero-order valence-electron chi connectivity index (χ0n) is 8.07. The van der Waals surface area contributed by atoms with Crippen LogP contribution in [0, 0.1) is 12.3 Å². The van der Waals surface area contributed by atoms with Crippen LogP contribution in [0.5, 0.6) is 0 Å². The zero-order valence-corrected chi connectivity index (χ0v) is 8.07. The Kier molecular flexibility index (Phi) is 2.40. The predicted molar refractivity (Wildman–Crippen MR) is 52.9 cm³/mol. The van der Waals surface area contributed by atoms with Crippen LogP contribution < -0.4 is 5.69 Å². The Bertz CT molecular complexity index is 422. The first kappa shape index (κ1) is 9.07. The maximum atomic E-state index is 11.7. The molecule has 2 rings (SSSR count). The van der Waals surface area contributed by atoms with Crippen molar-refractivity contribution < 1.29 is 0 Å². The number of hydrogen-bond donors (Lipinski definition) is 0. The fourth-order valence-electron chi connectivity index (χ4n) is 1.76. The van der Waals surface area contributed by atoms with Crippen molar-refractivity contribution in [3.63, 3.8) is 0 Å². The van der Waals surface area contributed by atoms with E-state index in [2.05, 4.69) is 11.0 Å². The first-order valence-corrected chi connectivity index (χ1v) is 4.93. The van der Waals surface area contributed by atoms with Crippen LogP contribution >= 0.6 is 0 Å². The minimum Gasteiger partial charge on any atom is -0.279 e. The third-order valence-corrected chi connectivity index (χ3v) is 2.50. The zero-order chi connectivity index (χ0) is 9.97. The molecule has 2 heterocycles. The fraction of sp³-hybridized carbons (Fsp3) is 0.600. The highest BCUT2D eigenvalue weighted by molar-refractivity contribution is 4.92. The standard InChI is InChI=1S/C10H13N3O/c1-2-3-8-13-10(14)12-7-5-4-6-9(12)11-13/h1H,3-8H2. The van der Waals surface area contributed by atoms with Crippen molar-refractivity contribution in [3.05, 3.63) is 16.3 Å². The van der Waals surface area contributed by atoms with Crippen molar-refractivity contribution in [2.75, 3.05) is 0 Å². The van der Waals surface area contributed by atoms with Gasteiger partial charge in [0.25, 0.3) is 0 Å². The van der Waals surface area contributed by atoms with Gasteiger partial charge in [0.15, 0.2) is 0 Å². The Labute approximate surface area is 82.5 Å². The Hall–Kier alpha value is -1.50. The van der Waals surface area contributed by atoms with Crippen LogP contribution in [0.2, 0.25) is 0 Å². The highest BCUT2D eigenvalue weighted by Gasteiger charge is 2.15. The quantitative estimate of drug-likeness (QED) is 0.635. The Morgan fingerprint density at radius 3 is 3.07 bits per heavy atom. The number of hydrogen-bond acceptors (Lipinski definition) is 2. The van der Waals surface area contributed by atoms with E-state index >= 15 is 0 Å². The first-order valence-electron chi connectivity index (χ1n) is 4.93. The maximum absolute atomic E-state index is 11.7. The van der Waals surface area contributed by atoms with Crippen LogP contribution in [0.4, 0.5) is 0 Å². The molecule has 4 heteroatoms. The largest absolute Gasteiger partial charge is 0.345 e. The lowest BCUT2D eigenvalue weighted by Crippen LogP contribution is -2.26.